The van der Waals surface area contributed by atoms with Gasteiger partial charge in [0.25, 0.3) is 0 Å². The Morgan fingerprint density at radius 3 is 1.84 bits per heavy atom. The van der Waals surface area contributed by atoms with Crippen molar-refractivity contribution < 1.29 is 4.42 Å². The third kappa shape index (κ3) is 5.32. The first-order valence-corrected chi connectivity index (χ1v) is 19.5. The van der Waals surface area contributed by atoms with Crippen LogP contribution in [0.4, 0.5) is 17.1 Å². The van der Waals surface area contributed by atoms with Crippen LogP contribution in [0.25, 0.3) is 86.3 Å². The Hall–Kier alpha value is -6.94. The highest BCUT2D eigenvalue weighted by Crippen LogP contribution is 2.49. The van der Waals surface area contributed by atoms with Crippen LogP contribution in [0, 0.1) is 0 Å². The van der Waals surface area contributed by atoms with Gasteiger partial charge >= 0.3 is 0 Å². The number of benzene rings is 9. The number of nitrogens with zero attached hydrogens (tertiary/aromatic N) is 1. The van der Waals surface area contributed by atoms with E-state index in [2.05, 4.69) is 205 Å². The quantitative estimate of drug-likeness (QED) is 0.170. The molecule has 258 valence electrons. The van der Waals surface area contributed by atoms with Crippen LogP contribution >= 0.6 is 11.3 Å². The summed E-state index contributed by atoms with van der Waals surface area (Å²) >= 11 is 1.84. The van der Waals surface area contributed by atoms with Gasteiger partial charge in [-0.25, -0.2) is 0 Å². The third-order valence-electron chi connectivity index (χ3n) is 10.9. The summed E-state index contributed by atoms with van der Waals surface area (Å²) < 4.78 is 9.41. The largest absolute Gasteiger partial charge is 0.454 e. The molecule has 0 aliphatic heterocycles. The summed E-state index contributed by atoms with van der Waals surface area (Å²) in [4.78, 5) is 2.40. The number of rotatable bonds is 6. The van der Waals surface area contributed by atoms with Gasteiger partial charge in [0.2, 0.25) is 0 Å². The van der Waals surface area contributed by atoms with Crippen LogP contribution in [0.3, 0.4) is 0 Å². The Bertz CT molecular complexity index is 3190. The fourth-order valence-corrected chi connectivity index (χ4v) is 9.35. The van der Waals surface area contributed by atoms with Gasteiger partial charge < -0.3 is 9.32 Å². The average molecular weight is 720 g/mol. The summed E-state index contributed by atoms with van der Waals surface area (Å²) in [5.74, 6) is 0. The highest BCUT2D eigenvalue weighted by Gasteiger charge is 2.24. The van der Waals surface area contributed by atoms with Gasteiger partial charge in [-0.2, -0.15) is 0 Å². The molecule has 0 aliphatic rings. The van der Waals surface area contributed by atoms with Crippen LogP contribution in [0.1, 0.15) is 0 Å². The number of hydrogen-bond acceptors (Lipinski definition) is 3. The van der Waals surface area contributed by atoms with E-state index in [1.165, 1.54) is 58.8 Å². The molecule has 0 N–H and O–H groups in total. The van der Waals surface area contributed by atoms with Crippen molar-refractivity contribution >= 4 is 81.3 Å². The molecule has 2 nitrogen and oxygen atoms in total. The summed E-state index contributed by atoms with van der Waals surface area (Å²) in [6, 6.07) is 72.1. The summed E-state index contributed by atoms with van der Waals surface area (Å²) in [6.07, 6.45) is 0. The van der Waals surface area contributed by atoms with Gasteiger partial charge in [0.05, 0.1) is 11.4 Å². The first kappa shape index (κ1) is 31.6. The third-order valence-corrected chi connectivity index (χ3v) is 12.0. The zero-order chi connectivity index (χ0) is 36.3. The van der Waals surface area contributed by atoms with Crippen molar-refractivity contribution in [3.8, 4) is 33.4 Å². The molecule has 0 spiro atoms. The highest BCUT2D eigenvalue weighted by atomic mass is 32.1. The molecule has 3 heteroatoms. The van der Waals surface area contributed by atoms with Crippen LogP contribution in [0.5, 0.6) is 0 Å². The zero-order valence-electron chi connectivity index (χ0n) is 29.8. The molecule has 0 amide bonds. The molecule has 0 saturated carbocycles. The Balaban J connectivity index is 1.08. The van der Waals surface area contributed by atoms with Gasteiger partial charge in [0, 0.05) is 36.6 Å². The van der Waals surface area contributed by atoms with Crippen molar-refractivity contribution in [1.82, 2.24) is 0 Å². The van der Waals surface area contributed by atoms with Crippen LogP contribution < -0.4 is 4.90 Å². The molecule has 2 heterocycles. The van der Waals surface area contributed by atoms with Crippen molar-refractivity contribution in [3.05, 3.63) is 200 Å². The first-order valence-electron chi connectivity index (χ1n) is 18.7. The van der Waals surface area contributed by atoms with Crippen molar-refractivity contribution in [3.63, 3.8) is 0 Å². The molecular formula is C52H33NOS. The predicted octanol–water partition coefficient (Wildman–Crippen LogP) is 15.6. The van der Waals surface area contributed by atoms with Crippen LogP contribution in [-0.4, -0.2) is 0 Å². The van der Waals surface area contributed by atoms with Gasteiger partial charge in [-0.15, -0.1) is 11.3 Å². The normalized spacial score (nSPS) is 11.6. The lowest BCUT2D eigenvalue weighted by atomic mass is 9.97. The maximum Gasteiger partial charge on any atom is 0.160 e. The Morgan fingerprint density at radius 2 is 1.02 bits per heavy atom. The second-order valence-electron chi connectivity index (χ2n) is 14.1. The Kier molecular flexibility index (Phi) is 7.39. The lowest BCUT2D eigenvalue weighted by Gasteiger charge is -2.27. The van der Waals surface area contributed by atoms with Crippen molar-refractivity contribution in [2.45, 2.75) is 0 Å². The molecule has 11 rings (SSSR count). The number of thiophene rings is 1. The van der Waals surface area contributed by atoms with Gasteiger partial charge in [-0.1, -0.05) is 152 Å². The highest BCUT2D eigenvalue weighted by molar-refractivity contribution is 7.26. The predicted molar refractivity (Wildman–Crippen MR) is 235 cm³/mol. The average Bonchev–Trinajstić information content (AvgIpc) is 3.84. The van der Waals surface area contributed by atoms with E-state index in [0.29, 0.717) is 0 Å². The second-order valence-corrected chi connectivity index (χ2v) is 15.2. The van der Waals surface area contributed by atoms with Gasteiger partial charge in [0.1, 0.15) is 5.58 Å². The monoisotopic (exact) mass is 719 g/mol. The van der Waals surface area contributed by atoms with Gasteiger partial charge in [-0.3, -0.25) is 0 Å². The SMILES string of the molecule is c1ccc(-c2ccc(N(c3ccc(-c4ccc(-c5ccc6ccccc6c5)cc4)cc3)c3cccc4sc5ccccc5c34)c3oc4ccccc4c23)cc1. The van der Waals surface area contributed by atoms with Crippen molar-refractivity contribution in [2.75, 3.05) is 4.90 Å². The maximum atomic E-state index is 6.88. The van der Waals surface area contributed by atoms with Crippen molar-refractivity contribution in [2.24, 2.45) is 0 Å². The van der Waals surface area contributed by atoms with E-state index >= 15 is 0 Å². The fourth-order valence-electron chi connectivity index (χ4n) is 8.23. The van der Waals surface area contributed by atoms with Gasteiger partial charge in [-0.05, 0) is 92.7 Å². The van der Waals surface area contributed by atoms with E-state index in [4.69, 9.17) is 4.42 Å². The molecule has 2 aromatic heterocycles. The van der Waals surface area contributed by atoms with E-state index in [-0.39, 0.29) is 0 Å². The molecule has 0 bridgehead atoms. The summed E-state index contributed by atoms with van der Waals surface area (Å²) in [5, 5.41) is 7.24. The lowest BCUT2D eigenvalue weighted by Crippen LogP contribution is -2.10. The lowest BCUT2D eigenvalue weighted by molar-refractivity contribution is 0.669. The standard InChI is InChI=1S/C52H33NOS/c1-2-12-38(13-3-1)42-31-32-46(52-50(42)43-15-6-8-18-47(43)54-52)53(45-17-10-20-49-51(45)44-16-7-9-19-48(44)55-49)41-29-27-36(28-30-41)35-21-23-37(24-22-35)40-26-25-34-11-4-5-14-39(34)33-40/h1-33H. The molecule has 9 aromatic carbocycles. The Morgan fingerprint density at radius 1 is 0.382 bits per heavy atom. The molecule has 0 aliphatic carbocycles. The maximum absolute atomic E-state index is 6.88. The number of para-hydroxylation sites is 1. The molecular weight excluding hydrogens is 687 g/mol. The van der Waals surface area contributed by atoms with Crippen molar-refractivity contribution in [1.29, 1.82) is 0 Å². The molecule has 0 atom stereocenters. The van der Waals surface area contributed by atoms with Crippen LogP contribution in [0.2, 0.25) is 0 Å². The molecule has 0 saturated heterocycles. The minimum atomic E-state index is 0.868. The van der Waals surface area contributed by atoms with E-state index in [0.717, 1.165) is 44.6 Å². The molecule has 0 fully saturated rings. The molecule has 55 heavy (non-hydrogen) atoms. The van der Waals surface area contributed by atoms with E-state index in [1.54, 1.807) is 0 Å². The van der Waals surface area contributed by atoms with E-state index < -0.39 is 0 Å². The van der Waals surface area contributed by atoms with E-state index in [1.807, 2.05) is 11.3 Å². The van der Waals surface area contributed by atoms with Crippen LogP contribution in [0.15, 0.2) is 205 Å². The smallest absolute Gasteiger partial charge is 0.160 e. The number of anilines is 3. The van der Waals surface area contributed by atoms with Crippen LogP contribution in [-0.2, 0) is 0 Å². The fraction of sp³-hybridized carbons (Fsp3) is 0. The summed E-state index contributed by atoms with van der Waals surface area (Å²) in [5.41, 5.74) is 12.0. The Labute approximate surface area is 322 Å². The topological polar surface area (TPSA) is 16.4 Å². The number of fused-ring (bicyclic) bond motifs is 7. The van der Waals surface area contributed by atoms with E-state index in [9.17, 15) is 0 Å². The van der Waals surface area contributed by atoms with Gasteiger partial charge in [0.15, 0.2) is 5.58 Å². The zero-order valence-corrected chi connectivity index (χ0v) is 30.6. The molecule has 0 unspecified atom stereocenters. The number of furan rings is 1. The molecule has 11 aromatic rings. The minimum Gasteiger partial charge on any atom is -0.454 e. The number of hydrogen-bond donors (Lipinski definition) is 0. The first-order chi connectivity index (χ1) is 27.3. The molecule has 0 radical (unpaired) electrons. The minimum absolute atomic E-state index is 0.868. The second kappa shape index (κ2) is 12.9. The summed E-state index contributed by atoms with van der Waals surface area (Å²) in [7, 11) is 0. The summed E-state index contributed by atoms with van der Waals surface area (Å²) in [6.45, 7) is 0.